The lowest BCUT2D eigenvalue weighted by Crippen LogP contribution is -2.46. The summed E-state index contributed by atoms with van der Waals surface area (Å²) in [7, 11) is 0. The molecule has 1 unspecified atom stereocenters. The average Bonchev–Trinajstić information content (AvgIpc) is 2.28. The average molecular weight is 258 g/mol. The fraction of sp³-hybridized carbons (Fsp3) is 0.846. The Morgan fingerprint density at radius 2 is 2.00 bits per heavy atom. The second-order valence-electron chi connectivity index (χ2n) is 5.12. The molecule has 0 aliphatic rings. The molecule has 0 heterocycles. The highest BCUT2D eigenvalue weighted by molar-refractivity contribution is 7.80. The summed E-state index contributed by atoms with van der Waals surface area (Å²) in [6.07, 6.45) is 4.67. The number of amides is 1. The van der Waals surface area contributed by atoms with Gasteiger partial charge in [0.25, 0.3) is 0 Å². The minimum Gasteiger partial charge on any atom is -0.392 e. The number of carbonyl (C=O) groups excluding carboxylic acids is 1. The quantitative estimate of drug-likeness (QED) is 0.658. The van der Waals surface area contributed by atoms with Gasteiger partial charge in [0.05, 0.1) is 10.4 Å². The van der Waals surface area contributed by atoms with Crippen molar-refractivity contribution >= 4 is 23.1 Å². The van der Waals surface area contributed by atoms with Gasteiger partial charge >= 0.3 is 0 Å². The van der Waals surface area contributed by atoms with E-state index >= 15 is 0 Å². The predicted octanol–water partition coefficient (Wildman–Crippen LogP) is 2.63. The molecule has 0 spiro atoms. The van der Waals surface area contributed by atoms with E-state index in [0.717, 1.165) is 13.0 Å². The summed E-state index contributed by atoms with van der Waals surface area (Å²) in [5.74, 6) is 0.487. The second-order valence-corrected chi connectivity index (χ2v) is 5.56. The standard InChI is InChI=1S/C13H26N2OS/c1-5-7-8-10(6-2)9-15-12(16)13(3,4)11(14)17/h10H,5-9H2,1-4H3,(H2,14,17)(H,15,16). The predicted molar refractivity (Wildman–Crippen MR) is 76.9 cm³/mol. The van der Waals surface area contributed by atoms with E-state index in [0.29, 0.717) is 5.92 Å². The number of hydrogen-bond donors (Lipinski definition) is 2. The van der Waals surface area contributed by atoms with Crippen molar-refractivity contribution in [3.63, 3.8) is 0 Å². The van der Waals surface area contributed by atoms with Gasteiger partial charge < -0.3 is 11.1 Å². The number of hydrogen-bond acceptors (Lipinski definition) is 2. The Morgan fingerprint density at radius 1 is 1.41 bits per heavy atom. The Kier molecular flexibility index (Phi) is 7.35. The first-order valence-corrected chi connectivity index (χ1v) is 6.85. The first-order chi connectivity index (χ1) is 7.86. The molecule has 17 heavy (non-hydrogen) atoms. The molecule has 3 nitrogen and oxygen atoms in total. The van der Waals surface area contributed by atoms with Crippen LogP contribution in [-0.2, 0) is 4.79 Å². The van der Waals surface area contributed by atoms with E-state index in [1.54, 1.807) is 13.8 Å². The lowest BCUT2D eigenvalue weighted by atomic mass is 9.91. The summed E-state index contributed by atoms with van der Waals surface area (Å²) in [5.41, 5.74) is 4.81. The van der Waals surface area contributed by atoms with Crippen LogP contribution in [-0.4, -0.2) is 17.4 Å². The number of thiocarbonyl (C=S) groups is 1. The Hall–Kier alpha value is -0.640. The van der Waals surface area contributed by atoms with E-state index in [-0.39, 0.29) is 10.9 Å². The highest BCUT2D eigenvalue weighted by Crippen LogP contribution is 2.17. The van der Waals surface area contributed by atoms with Crippen LogP contribution >= 0.6 is 12.2 Å². The van der Waals surface area contributed by atoms with Crippen molar-refractivity contribution in [1.82, 2.24) is 5.32 Å². The SMILES string of the molecule is CCCCC(CC)CNC(=O)C(C)(C)C(N)=S. The van der Waals surface area contributed by atoms with E-state index in [1.807, 2.05) is 0 Å². The van der Waals surface area contributed by atoms with Gasteiger partial charge in [0, 0.05) is 6.54 Å². The van der Waals surface area contributed by atoms with Gasteiger partial charge in [-0.2, -0.15) is 0 Å². The van der Waals surface area contributed by atoms with E-state index in [4.69, 9.17) is 18.0 Å². The Morgan fingerprint density at radius 3 is 2.41 bits per heavy atom. The van der Waals surface area contributed by atoms with Gasteiger partial charge in [-0.05, 0) is 26.2 Å². The van der Waals surface area contributed by atoms with E-state index in [9.17, 15) is 4.79 Å². The zero-order valence-corrected chi connectivity index (χ0v) is 12.3. The largest absolute Gasteiger partial charge is 0.392 e. The number of carbonyl (C=O) groups is 1. The van der Waals surface area contributed by atoms with Crippen LogP contribution in [0.25, 0.3) is 0 Å². The molecule has 0 aromatic carbocycles. The third-order valence-electron chi connectivity index (χ3n) is 3.28. The molecule has 1 atom stereocenters. The molecule has 3 N–H and O–H groups in total. The fourth-order valence-corrected chi connectivity index (χ4v) is 1.61. The maximum absolute atomic E-state index is 11.9. The molecule has 0 aliphatic carbocycles. The van der Waals surface area contributed by atoms with E-state index < -0.39 is 5.41 Å². The van der Waals surface area contributed by atoms with E-state index in [1.165, 1.54) is 19.3 Å². The third kappa shape index (κ3) is 5.48. The number of nitrogens with two attached hydrogens (primary N) is 1. The highest BCUT2D eigenvalue weighted by Gasteiger charge is 2.30. The molecule has 0 fully saturated rings. The van der Waals surface area contributed by atoms with Gasteiger partial charge in [-0.15, -0.1) is 0 Å². The summed E-state index contributed by atoms with van der Waals surface area (Å²) in [4.78, 5) is 12.2. The highest BCUT2D eigenvalue weighted by atomic mass is 32.1. The van der Waals surface area contributed by atoms with Gasteiger partial charge in [-0.3, -0.25) is 4.79 Å². The van der Waals surface area contributed by atoms with Gasteiger partial charge in [-0.25, -0.2) is 0 Å². The number of unbranched alkanes of at least 4 members (excludes halogenated alkanes) is 1. The maximum Gasteiger partial charge on any atom is 0.232 e. The van der Waals surface area contributed by atoms with Crippen molar-refractivity contribution in [3.8, 4) is 0 Å². The van der Waals surface area contributed by atoms with Crippen LogP contribution in [0, 0.1) is 11.3 Å². The van der Waals surface area contributed by atoms with Gasteiger partial charge in [-0.1, -0.05) is 45.3 Å². The van der Waals surface area contributed by atoms with Crippen LogP contribution in [0.2, 0.25) is 0 Å². The first-order valence-electron chi connectivity index (χ1n) is 6.44. The van der Waals surface area contributed by atoms with Crippen LogP contribution in [0.3, 0.4) is 0 Å². The van der Waals surface area contributed by atoms with Crippen LogP contribution < -0.4 is 11.1 Å². The molecule has 0 aromatic rings. The minimum absolute atomic E-state index is 0.0695. The zero-order chi connectivity index (χ0) is 13.5. The molecular weight excluding hydrogens is 232 g/mol. The Labute approximate surface area is 111 Å². The van der Waals surface area contributed by atoms with Crippen LogP contribution in [0.4, 0.5) is 0 Å². The molecule has 100 valence electrons. The number of rotatable bonds is 8. The Bertz CT molecular complexity index is 264. The monoisotopic (exact) mass is 258 g/mol. The molecule has 0 saturated heterocycles. The van der Waals surface area contributed by atoms with Crippen molar-refractivity contribution in [2.75, 3.05) is 6.54 Å². The lowest BCUT2D eigenvalue weighted by Gasteiger charge is -2.24. The molecule has 0 aliphatic heterocycles. The molecule has 4 heteroatoms. The summed E-state index contributed by atoms with van der Waals surface area (Å²) >= 11 is 4.90. The van der Waals surface area contributed by atoms with Gasteiger partial charge in [0.2, 0.25) is 5.91 Å². The first kappa shape index (κ1) is 16.4. The molecule has 0 saturated carbocycles. The van der Waals surface area contributed by atoms with Crippen LogP contribution in [0.1, 0.15) is 53.4 Å². The second kappa shape index (κ2) is 7.64. The minimum atomic E-state index is -0.752. The lowest BCUT2D eigenvalue weighted by molar-refractivity contribution is -0.126. The normalized spacial score (nSPS) is 13.2. The third-order valence-corrected chi connectivity index (χ3v) is 3.79. The van der Waals surface area contributed by atoms with Gasteiger partial charge in [0.15, 0.2) is 0 Å². The van der Waals surface area contributed by atoms with Gasteiger partial charge in [0.1, 0.15) is 0 Å². The van der Waals surface area contributed by atoms with Crippen molar-refractivity contribution in [1.29, 1.82) is 0 Å². The van der Waals surface area contributed by atoms with Crippen LogP contribution in [0.5, 0.6) is 0 Å². The topological polar surface area (TPSA) is 55.1 Å². The summed E-state index contributed by atoms with van der Waals surface area (Å²) in [6, 6.07) is 0. The molecule has 0 aromatic heterocycles. The zero-order valence-electron chi connectivity index (χ0n) is 11.5. The van der Waals surface area contributed by atoms with E-state index in [2.05, 4.69) is 19.2 Å². The van der Waals surface area contributed by atoms with Crippen molar-refractivity contribution in [2.45, 2.75) is 53.4 Å². The molecule has 0 bridgehead atoms. The molecule has 1 amide bonds. The fourth-order valence-electron chi connectivity index (χ4n) is 1.51. The summed E-state index contributed by atoms with van der Waals surface area (Å²) in [5, 5.41) is 2.96. The van der Waals surface area contributed by atoms with Crippen LogP contribution in [0.15, 0.2) is 0 Å². The molecule has 0 rings (SSSR count). The maximum atomic E-state index is 11.9. The Balaban J connectivity index is 4.17. The molecule has 0 radical (unpaired) electrons. The van der Waals surface area contributed by atoms with Crippen molar-refractivity contribution in [3.05, 3.63) is 0 Å². The molecular formula is C13H26N2OS. The smallest absolute Gasteiger partial charge is 0.232 e. The van der Waals surface area contributed by atoms with Crippen molar-refractivity contribution in [2.24, 2.45) is 17.1 Å². The van der Waals surface area contributed by atoms with Crippen molar-refractivity contribution < 1.29 is 4.79 Å². The summed E-state index contributed by atoms with van der Waals surface area (Å²) < 4.78 is 0. The number of nitrogens with one attached hydrogen (secondary N) is 1. The summed E-state index contributed by atoms with van der Waals surface area (Å²) in [6.45, 7) is 8.59.